The highest BCUT2D eigenvalue weighted by molar-refractivity contribution is 5.36. The summed E-state index contributed by atoms with van der Waals surface area (Å²) in [4.78, 5) is 13.1. The van der Waals surface area contributed by atoms with Crippen LogP contribution >= 0.6 is 0 Å². The number of hydrogen-bond acceptors (Lipinski definition) is 6. The van der Waals surface area contributed by atoms with Crippen LogP contribution in [0.2, 0.25) is 0 Å². The smallest absolute Gasteiger partial charge is 0.368 e. The van der Waals surface area contributed by atoms with E-state index in [0.29, 0.717) is 6.20 Å². The molecule has 0 unspecified atom stereocenters. The van der Waals surface area contributed by atoms with E-state index in [0.717, 1.165) is 10.9 Å². The van der Waals surface area contributed by atoms with Crippen LogP contribution < -0.4 is 10.6 Å². The van der Waals surface area contributed by atoms with Gasteiger partial charge in [0, 0.05) is 20.3 Å². The van der Waals surface area contributed by atoms with Gasteiger partial charge in [-0.15, -0.1) is 0 Å². The van der Waals surface area contributed by atoms with Gasteiger partial charge in [0.2, 0.25) is 11.9 Å². The average molecular weight is 273 g/mol. The molecule has 7 nitrogen and oxygen atoms in total. The van der Waals surface area contributed by atoms with Crippen LogP contribution in [-0.2, 0) is 6.18 Å². The minimum atomic E-state index is -4.47. The number of alkyl halides is 3. The Kier molecular flexibility index (Phi) is 3.00. The molecule has 0 amide bonds. The van der Waals surface area contributed by atoms with E-state index in [-0.39, 0.29) is 17.8 Å². The number of aromatic nitrogens is 5. The lowest BCUT2D eigenvalue weighted by molar-refractivity contribution is -0.137. The van der Waals surface area contributed by atoms with Gasteiger partial charge in [-0.2, -0.15) is 33.2 Å². The molecule has 2 heterocycles. The highest BCUT2D eigenvalue weighted by atomic mass is 19.4. The van der Waals surface area contributed by atoms with Gasteiger partial charge in [0.05, 0.1) is 11.8 Å². The van der Waals surface area contributed by atoms with E-state index in [1.165, 1.54) is 0 Å². The molecule has 0 atom stereocenters. The molecule has 0 aromatic carbocycles. The lowest BCUT2D eigenvalue weighted by Gasteiger charge is -2.11. The van der Waals surface area contributed by atoms with E-state index < -0.39 is 11.7 Å². The first-order valence-corrected chi connectivity index (χ1v) is 5.08. The SMILES string of the molecule is CN(C)c1nc(N)nc(-n2cc(C(F)(F)F)cn2)n1. The summed E-state index contributed by atoms with van der Waals surface area (Å²) in [6, 6.07) is 0. The number of nitrogen functional groups attached to an aromatic ring is 1. The molecule has 2 aromatic heterocycles. The van der Waals surface area contributed by atoms with Gasteiger partial charge in [0.25, 0.3) is 5.95 Å². The van der Waals surface area contributed by atoms with Crippen LogP contribution in [0.4, 0.5) is 25.1 Å². The van der Waals surface area contributed by atoms with Gasteiger partial charge in [-0.1, -0.05) is 0 Å². The molecule has 19 heavy (non-hydrogen) atoms. The van der Waals surface area contributed by atoms with Crippen molar-refractivity contribution in [2.75, 3.05) is 24.7 Å². The molecule has 0 saturated carbocycles. The van der Waals surface area contributed by atoms with Crippen LogP contribution in [-0.4, -0.2) is 38.8 Å². The second-order valence-corrected chi connectivity index (χ2v) is 3.86. The maximum absolute atomic E-state index is 12.5. The molecular weight excluding hydrogens is 263 g/mol. The molecule has 0 aliphatic carbocycles. The fourth-order valence-corrected chi connectivity index (χ4v) is 1.25. The second-order valence-electron chi connectivity index (χ2n) is 3.86. The molecule has 0 aliphatic rings. The summed E-state index contributed by atoms with van der Waals surface area (Å²) in [5, 5.41) is 3.56. The summed E-state index contributed by atoms with van der Waals surface area (Å²) >= 11 is 0. The molecule has 0 bridgehead atoms. The van der Waals surface area contributed by atoms with Crippen molar-refractivity contribution in [1.82, 2.24) is 24.7 Å². The standard InChI is InChI=1S/C9H10F3N7/c1-18(2)7-15-6(13)16-8(17-7)19-4-5(3-14-19)9(10,11)12/h3-4H,1-2H3,(H2,13,15,16,17). The average Bonchev–Trinajstić information content (AvgIpc) is 2.76. The summed E-state index contributed by atoms with van der Waals surface area (Å²) in [7, 11) is 3.34. The number of rotatable bonds is 2. The lowest BCUT2D eigenvalue weighted by Crippen LogP contribution is -2.17. The second kappa shape index (κ2) is 4.37. The summed E-state index contributed by atoms with van der Waals surface area (Å²) < 4.78 is 38.3. The summed E-state index contributed by atoms with van der Waals surface area (Å²) in [6.45, 7) is 0. The summed E-state index contributed by atoms with van der Waals surface area (Å²) in [5.74, 6) is 0.0519. The molecule has 0 fully saturated rings. The minimum Gasteiger partial charge on any atom is -0.368 e. The first kappa shape index (κ1) is 13.1. The molecule has 0 aliphatic heterocycles. The minimum absolute atomic E-state index is 0.0771. The Morgan fingerprint density at radius 3 is 2.42 bits per heavy atom. The summed E-state index contributed by atoms with van der Waals surface area (Å²) in [5.41, 5.74) is 4.58. The zero-order chi connectivity index (χ0) is 14.2. The van der Waals surface area contributed by atoms with Gasteiger partial charge in [0.1, 0.15) is 0 Å². The Hall–Kier alpha value is -2.39. The molecule has 0 spiro atoms. The number of anilines is 2. The molecule has 10 heteroatoms. The van der Waals surface area contributed by atoms with Crippen molar-refractivity contribution in [2.45, 2.75) is 6.18 Å². The molecule has 0 radical (unpaired) electrons. The van der Waals surface area contributed by atoms with Crippen molar-refractivity contribution < 1.29 is 13.2 Å². The highest BCUT2D eigenvalue weighted by Crippen LogP contribution is 2.28. The van der Waals surface area contributed by atoms with E-state index in [2.05, 4.69) is 20.1 Å². The van der Waals surface area contributed by atoms with Crippen molar-refractivity contribution in [3.05, 3.63) is 18.0 Å². The number of nitrogens with two attached hydrogens (primary N) is 1. The Bertz CT molecular complexity index is 590. The van der Waals surface area contributed by atoms with Crippen molar-refractivity contribution in [3.63, 3.8) is 0 Å². The Morgan fingerprint density at radius 2 is 1.89 bits per heavy atom. The van der Waals surface area contributed by atoms with Crippen molar-refractivity contribution in [1.29, 1.82) is 0 Å². The third-order valence-electron chi connectivity index (χ3n) is 2.14. The van der Waals surface area contributed by atoms with Crippen LogP contribution in [0.3, 0.4) is 0 Å². The maximum Gasteiger partial charge on any atom is 0.419 e. The van der Waals surface area contributed by atoms with Gasteiger partial charge in [-0.25, -0.2) is 4.68 Å². The lowest BCUT2D eigenvalue weighted by atomic mass is 10.4. The van der Waals surface area contributed by atoms with Crippen LogP contribution in [0.15, 0.2) is 12.4 Å². The van der Waals surface area contributed by atoms with Gasteiger partial charge >= 0.3 is 6.18 Å². The summed E-state index contributed by atoms with van der Waals surface area (Å²) in [6.07, 6.45) is -3.00. The monoisotopic (exact) mass is 273 g/mol. The number of halogens is 3. The maximum atomic E-state index is 12.5. The number of hydrogen-bond donors (Lipinski definition) is 1. The Labute approximate surface area is 105 Å². The van der Waals surface area contributed by atoms with Crippen molar-refractivity contribution in [2.24, 2.45) is 0 Å². The highest BCUT2D eigenvalue weighted by Gasteiger charge is 2.32. The molecule has 2 rings (SSSR count). The van der Waals surface area contributed by atoms with E-state index in [9.17, 15) is 13.2 Å². The first-order chi connectivity index (χ1) is 8.77. The van der Waals surface area contributed by atoms with Crippen LogP contribution in [0.25, 0.3) is 5.95 Å². The van der Waals surface area contributed by atoms with E-state index >= 15 is 0 Å². The van der Waals surface area contributed by atoms with Crippen LogP contribution in [0.5, 0.6) is 0 Å². The van der Waals surface area contributed by atoms with Crippen molar-refractivity contribution in [3.8, 4) is 5.95 Å². The van der Waals surface area contributed by atoms with Gasteiger partial charge in [0.15, 0.2) is 0 Å². The Balaban J connectivity index is 2.44. The predicted molar refractivity (Wildman–Crippen MR) is 60.7 cm³/mol. The largest absolute Gasteiger partial charge is 0.419 e. The van der Waals surface area contributed by atoms with Gasteiger partial charge in [-0.05, 0) is 0 Å². The van der Waals surface area contributed by atoms with E-state index in [1.54, 1.807) is 19.0 Å². The number of nitrogens with zero attached hydrogens (tertiary/aromatic N) is 6. The molecule has 102 valence electrons. The molecule has 0 saturated heterocycles. The zero-order valence-corrected chi connectivity index (χ0v) is 10.0. The van der Waals surface area contributed by atoms with Crippen LogP contribution in [0, 0.1) is 0 Å². The first-order valence-electron chi connectivity index (χ1n) is 5.08. The molecule has 2 aromatic rings. The van der Waals surface area contributed by atoms with Gasteiger partial charge < -0.3 is 10.6 Å². The predicted octanol–water partition coefficient (Wildman–Crippen LogP) is 0.724. The zero-order valence-electron chi connectivity index (χ0n) is 10.0. The fraction of sp³-hybridized carbons (Fsp3) is 0.333. The third-order valence-corrected chi connectivity index (χ3v) is 2.14. The third kappa shape index (κ3) is 2.72. The molecule has 2 N–H and O–H groups in total. The topological polar surface area (TPSA) is 85.8 Å². The molecular formula is C9H10F3N7. The van der Waals surface area contributed by atoms with Crippen molar-refractivity contribution >= 4 is 11.9 Å². The van der Waals surface area contributed by atoms with E-state index in [4.69, 9.17) is 5.73 Å². The van der Waals surface area contributed by atoms with E-state index in [1.807, 2.05) is 0 Å². The Morgan fingerprint density at radius 1 is 1.21 bits per heavy atom. The fourth-order valence-electron chi connectivity index (χ4n) is 1.25. The van der Waals surface area contributed by atoms with Gasteiger partial charge in [-0.3, -0.25) is 0 Å². The van der Waals surface area contributed by atoms with Crippen LogP contribution in [0.1, 0.15) is 5.56 Å². The quantitative estimate of drug-likeness (QED) is 0.868. The normalized spacial score (nSPS) is 11.6.